The zero-order chi connectivity index (χ0) is 14.2. The van der Waals surface area contributed by atoms with E-state index in [2.05, 4.69) is 10.2 Å². The summed E-state index contributed by atoms with van der Waals surface area (Å²) in [6, 6.07) is 0.914. The van der Waals surface area contributed by atoms with Gasteiger partial charge in [0.15, 0.2) is 0 Å². The predicted molar refractivity (Wildman–Crippen MR) is 75.8 cm³/mol. The summed E-state index contributed by atoms with van der Waals surface area (Å²) in [7, 11) is 1.79. The number of nitrogens with one attached hydrogen (secondary N) is 1. The molecule has 0 spiro atoms. The van der Waals surface area contributed by atoms with E-state index in [-0.39, 0.29) is 0 Å². The second-order valence-electron chi connectivity index (χ2n) is 6.53. The summed E-state index contributed by atoms with van der Waals surface area (Å²) < 4.78 is 5.88. The van der Waals surface area contributed by atoms with Gasteiger partial charge in [0.2, 0.25) is 0 Å². The Labute approximate surface area is 120 Å². The van der Waals surface area contributed by atoms with Gasteiger partial charge in [0, 0.05) is 18.6 Å². The summed E-state index contributed by atoms with van der Waals surface area (Å²) in [5.41, 5.74) is -0.727. The molecule has 5 heteroatoms. The number of carboxylic acid groups (broad SMARTS) is 1. The van der Waals surface area contributed by atoms with E-state index in [1.165, 1.54) is 19.3 Å². The molecule has 0 aromatic heterocycles. The molecule has 2 N–H and O–H groups in total. The number of rotatable bonds is 3. The smallest absolute Gasteiger partial charge is 0.323 e. The van der Waals surface area contributed by atoms with Crippen molar-refractivity contribution in [3.63, 3.8) is 0 Å². The first-order chi connectivity index (χ1) is 9.66. The van der Waals surface area contributed by atoms with Crippen LogP contribution in [0.15, 0.2) is 0 Å². The molecule has 1 saturated heterocycles. The fourth-order valence-corrected chi connectivity index (χ4v) is 4.47. The van der Waals surface area contributed by atoms with Crippen LogP contribution in [0.5, 0.6) is 0 Å². The van der Waals surface area contributed by atoms with Crippen molar-refractivity contribution in [1.29, 1.82) is 0 Å². The molecule has 4 unspecified atom stereocenters. The largest absolute Gasteiger partial charge is 0.480 e. The average molecular weight is 282 g/mol. The number of nitrogens with zero attached hydrogens (tertiary/aromatic N) is 1. The molecule has 2 saturated carbocycles. The fraction of sp³-hybridized carbons (Fsp3) is 0.933. The van der Waals surface area contributed by atoms with Crippen LogP contribution in [-0.2, 0) is 9.53 Å². The number of aliphatic carboxylic acids is 1. The van der Waals surface area contributed by atoms with E-state index in [9.17, 15) is 9.90 Å². The Bertz CT molecular complexity index is 376. The number of hydrogen-bond acceptors (Lipinski definition) is 4. The third kappa shape index (κ3) is 2.36. The van der Waals surface area contributed by atoms with Gasteiger partial charge in [-0.15, -0.1) is 0 Å². The second kappa shape index (κ2) is 5.62. The van der Waals surface area contributed by atoms with Crippen LogP contribution in [0.3, 0.4) is 0 Å². The van der Waals surface area contributed by atoms with E-state index >= 15 is 0 Å². The molecule has 0 aromatic carbocycles. The Kier molecular flexibility index (Phi) is 4.02. The minimum absolute atomic E-state index is 0.388. The van der Waals surface area contributed by atoms with Gasteiger partial charge in [-0.3, -0.25) is 9.69 Å². The highest BCUT2D eigenvalue weighted by Gasteiger charge is 2.46. The Morgan fingerprint density at radius 1 is 1.35 bits per heavy atom. The summed E-state index contributed by atoms with van der Waals surface area (Å²) in [5, 5.41) is 12.7. The van der Waals surface area contributed by atoms with Gasteiger partial charge in [-0.2, -0.15) is 0 Å². The van der Waals surface area contributed by atoms with Crippen molar-refractivity contribution in [2.45, 2.75) is 68.7 Å². The average Bonchev–Trinajstić information content (AvgIpc) is 2.95. The van der Waals surface area contributed by atoms with E-state index in [0.29, 0.717) is 18.2 Å². The molecule has 0 aromatic rings. The monoisotopic (exact) mass is 282 g/mol. The first-order valence-corrected chi connectivity index (χ1v) is 7.96. The normalized spacial score (nSPS) is 42.4. The maximum Gasteiger partial charge on any atom is 0.323 e. The molecule has 0 amide bonds. The van der Waals surface area contributed by atoms with E-state index in [0.717, 1.165) is 38.8 Å². The lowest BCUT2D eigenvalue weighted by Gasteiger charge is -2.47. The van der Waals surface area contributed by atoms with Crippen molar-refractivity contribution < 1.29 is 14.6 Å². The zero-order valence-corrected chi connectivity index (χ0v) is 12.3. The molecule has 0 radical (unpaired) electrons. The summed E-state index contributed by atoms with van der Waals surface area (Å²) in [6.07, 6.45) is 7.60. The summed E-state index contributed by atoms with van der Waals surface area (Å²) in [5.74, 6) is -0.694. The van der Waals surface area contributed by atoms with Crippen LogP contribution in [0.25, 0.3) is 0 Å². The van der Waals surface area contributed by atoms with Gasteiger partial charge in [0.25, 0.3) is 0 Å². The molecule has 2 aliphatic carbocycles. The number of likely N-dealkylation sites (N-methyl/N-ethyl adjacent to an activating group) is 1. The molecule has 1 aliphatic heterocycles. The molecule has 114 valence electrons. The molecule has 0 bridgehead atoms. The number of hydrogen-bond donors (Lipinski definition) is 2. The first-order valence-electron chi connectivity index (χ1n) is 7.96. The van der Waals surface area contributed by atoms with Gasteiger partial charge in [-0.05, 0) is 52.0 Å². The van der Waals surface area contributed by atoms with Crippen LogP contribution in [0.4, 0.5) is 0 Å². The van der Waals surface area contributed by atoms with Gasteiger partial charge in [0.1, 0.15) is 5.54 Å². The van der Waals surface area contributed by atoms with Gasteiger partial charge in [0.05, 0.1) is 12.7 Å². The van der Waals surface area contributed by atoms with Crippen molar-refractivity contribution in [3.8, 4) is 0 Å². The van der Waals surface area contributed by atoms with Crippen LogP contribution < -0.4 is 5.32 Å². The van der Waals surface area contributed by atoms with Crippen molar-refractivity contribution in [2.24, 2.45) is 0 Å². The lowest BCUT2D eigenvalue weighted by atomic mass is 9.78. The molecule has 3 fully saturated rings. The van der Waals surface area contributed by atoms with Gasteiger partial charge >= 0.3 is 5.97 Å². The summed E-state index contributed by atoms with van der Waals surface area (Å²) in [6.45, 7) is 1.77. The highest BCUT2D eigenvalue weighted by Crippen LogP contribution is 2.37. The van der Waals surface area contributed by atoms with Crippen LogP contribution in [0.2, 0.25) is 0 Å². The molecular weight excluding hydrogens is 256 g/mol. The minimum Gasteiger partial charge on any atom is -0.480 e. The van der Waals surface area contributed by atoms with Crippen molar-refractivity contribution in [1.82, 2.24) is 10.2 Å². The van der Waals surface area contributed by atoms with Crippen LogP contribution >= 0.6 is 0 Å². The molecular formula is C15H26N2O3. The zero-order valence-electron chi connectivity index (χ0n) is 12.3. The predicted octanol–water partition coefficient (Wildman–Crippen LogP) is 1.23. The van der Waals surface area contributed by atoms with Gasteiger partial charge < -0.3 is 15.2 Å². The topological polar surface area (TPSA) is 61.8 Å². The van der Waals surface area contributed by atoms with E-state index in [1.807, 2.05) is 0 Å². The molecule has 4 atom stereocenters. The van der Waals surface area contributed by atoms with Crippen molar-refractivity contribution in [2.75, 3.05) is 20.2 Å². The van der Waals surface area contributed by atoms with E-state index in [4.69, 9.17) is 4.74 Å². The lowest BCUT2D eigenvalue weighted by Crippen LogP contribution is -2.60. The SMILES string of the molecule is CNC1(C(=O)O)CCCC(N2CCOC3CCCC32)C1. The number of carbonyl (C=O) groups is 1. The molecule has 5 nitrogen and oxygen atoms in total. The van der Waals surface area contributed by atoms with Crippen molar-refractivity contribution in [3.05, 3.63) is 0 Å². The Balaban J connectivity index is 1.74. The van der Waals surface area contributed by atoms with E-state index < -0.39 is 11.5 Å². The first kappa shape index (κ1) is 14.3. The lowest BCUT2D eigenvalue weighted by molar-refractivity contribution is -0.148. The van der Waals surface area contributed by atoms with Crippen LogP contribution in [0, 0.1) is 0 Å². The highest BCUT2D eigenvalue weighted by atomic mass is 16.5. The Morgan fingerprint density at radius 3 is 2.95 bits per heavy atom. The highest BCUT2D eigenvalue weighted by molar-refractivity contribution is 5.79. The van der Waals surface area contributed by atoms with E-state index in [1.54, 1.807) is 7.05 Å². The maximum absolute atomic E-state index is 11.7. The Morgan fingerprint density at radius 2 is 2.20 bits per heavy atom. The number of ether oxygens (including phenoxy) is 1. The second-order valence-corrected chi connectivity index (χ2v) is 6.53. The third-order valence-electron chi connectivity index (χ3n) is 5.61. The molecule has 20 heavy (non-hydrogen) atoms. The number of carboxylic acids is 1. The van der Waals surface area contributed by atoms with Gasteiger partial charge in [-0.25, -0.2) is 0 Å². The maximum atomic E-state index is 11.7. The van der Waals surface area contributed by atoms with Gasteiger partial charge in [-0.1, -0.05) is 0 Å². The molecule has 3 rings (SSSR count). The minimum atomic E-state index is -0.727. The number of morpholine rings is 1. The Hall–Kier alpha value is -0.650. The molecule has 3 aliphatic rings. The van der Waals surface area contributed by atoms with Crippen molar-refractivity contribution >= 4 is 5.97 Å². The van der Waals surface area contributed by atoms with Crippen LogP contribution in [-0.4, -0.2) is 59.9 Å². The number of fused-ring (bicyclic) bond motifs is 1. The fourth-order valence-electron chi connectivity index (χ4n) is 4.47. The standard InChI is InChI=1S/C15H26N2O3/c1-16-15(14(18)19)7-3-4-11(10-15)17-8-9-20-13-6-2-5-12(13)17/h11-13,16H,2-10H2,1H3,(H,18,19). The summed E-state index contributed by atoms with van der Waals surface area (Å²) in [4.78, 5) is 14.2. The third-order valence-corrected chi connectivity index (χ3v) is 5.61. The molecule has 1 heterocycles. The van der Waals surface area contributed by atoms with Crippen LogP contribution in [0.1, 0.15) is 44.9 Å². The summed E-state index contributed by atoms with van der Waals surface area (Å²) >= 11 is 0. The quantitative estimate of drug-likeness (QED) is 0.815.